The zero-order valence-electron chi connectivity index (χ0n) is 8.33. The molecule has 2 N–H and O–H groups in total. The molecule has 0 fully saturated rings. The fourth-order valence-corrected chi connectivity index (χ4v) is 2.38. The zero-order valence-corrected chi connectivity index (χ0v) is 9.09. The molecular weight excluding hydrogens is 196 g/mol. The summed E-state index contributed by atoms with van der Waals surface area (Å²) in [6, 6.07) is 6.11. The van der Waals surface area contributed by atoms with Crippen molar-refractivity contribution >= 4 is 17.3 Å². The highest BCUT2D eigenvalue weighted by molar-refractivity contribution is 6.33. The van der Waals surface area contributed by atoms with Crippen LogP contribution < -0.4 is 10.6 Å². The summed E-state index contributed by atoms with van der Waals surface area (Å²) >= 11 is 6.18. The van der Waals surface area contributed by atoms with Crippen LogP contribution in [0, 0.1) is 0 Å². The maximum Gasteiger partial charge on any atom is 0.0642 e. The van der Waals surface area contributed by atoms with Crippen molar-refractivity contribution in [3.05, 3.63) is 28.8 Å². The number of anilines is 1. The fraction of sp³-hybridized carbons (Fsp3) is 0.455. The molecule has 14 heavy (non-hydrogen) atoms. The Balaban J connectivity index is 2.54. The van der Waals surface area contributed by atoms with Crippen molar-refractivity contribution in [1.29, 1.82) is 0 Å². The Hall–Kier alpha value is -0.730. The van der Waals surface area contributed by atoms with Gasteiger partial charge in [0.15, 0.2) is 0 Å². The minimum atomic E-state index is 0.133. The summed E-state index contributed by atoms with van der Waals surface area (Å²) in [5.41, 5.74) is 8.38. The summed E-state index contributed by atoms with van der Waals surface area (Å²) in [5.74, 6) is 0. The molecule has 1 heterocycles. The average molecular weight is 211 g/mol. The first-order valence-electron chi connectivity index (χ1n) is 4.95. The second kappa shape index (κ2) is 3.79. The van der Waals surface area contributed by atoms with E-state index >= 15 is 0 Å². The Bertz CT molecular complexity index is 338. The van der Waals surface area contributed by atoms with Crippen LogP contribution in [0.1, 0.15) is 24.4 Å². The molecule has 0 bridgehead atoms. The third-order valence-electron chi connectivity index (χ3n) is 2.81. The first-order valence-corrected chi connectivity index (χ1v) is 5.33. The molecule has 1 aliphatic heterocycles. The van der Waals surface area contributed by atoms with Gasteiger partial charge in [0.05, 0.1) is 10.7 Å². The summed E-state index contributed by atoms with van der Waals surface area (Å²) in [7, 11) is 2.07. The quantitative estimate of drug-likeness (QED) is 0.713. The standard InChI is InChI=1S/C11H15ClN2/c1-14-7-3-6-10(13)8-4-2-5-9(12)11(8)14/h2,4-5,10H,3,6-7,13H2,1H3. The second-order valence-electron chi connectivity index (χ2n) is 3.85. The number of hydrogen-bond donors (Lipinski definition) is 1. The van der Waals surface area contributed by atoms with Gasteiger partial charge in [-0.2, -0.15) is 0 Å². The van der Waals surface area contributed by atoms with Crippen LogP contribution in [-0.4, -0.2) is 13.6 Å². The molecule has 2 nitrogen and oxygen atoms in total. The van der Waals surface area contributed by atoms with Crippen LogP contribution in [-0.2, 0) is 0 Å². The van der Waals surface area contributed by atoms with Crippen molar-refractivity contribution in [2.75, 3.05) is 18.5 Å². The number of nitrogens with zero attached hydrogens (tertiary/aromatic N) is 1. The molecule has 0 radical (unpaired) electrons. The third kappa shape index (κ3) is 1.60. The SMILES string of the molecule is CN1CCCC(N)c2cccc(Cl)c21. The number of para-hydroxylation sites is 1. The van der Waals surface area contributed by atoms with Gasteiger partial charge in [0, 0.05) is 19.6 Å². The number of nitrogens with two attached hydrogens (primary N) is 1. The van der Waals surface area contributed by atoms with Gasteiger partial charge >= 0.3 is 0 Å². The van der Waals surface area contributed by atoms with Gasteiger partial charge in [-0.05, 0) is 24.5 Å². The highest BCUT2D eigenvalue weighted by atomic mass is 35.5. The van der Waals surface area contributed by atoms with Crippen molar-refractivity contribution in [3.63, 3.8) is 0 Å². The van der Waals surface area contributed by atoms with Gasteiger partial charge in [-0.15, -0.1) is 0 Å². The third-order valence-corrected chi connectivity index (χ3v) is 3.11. The van der Waals surface area contributed by atoms with E-state index in [1.165, 1.54) is 5.56 Å². The summed E-state index contributed by atoms with van der Waals surface area (Å²) < 4.78 is 0. The minimum absolute atomic E-state index is 0.133. The fourth-order valence-electron chi connectivity index (χ4n) is 2.05. The van der Waals surface area contributed by atoms with E-state index in [0.29, 0.717) is 0 Å². The highest BCUT2D eigenvalue weighted by Crippen LogP contribution is 2.36. The van der Waals surface area contributed by atoms with E-state index in [2.05, 4.69) is 18.0 Å². The highest BCUT2D eigenvalue weighted by Gasteiger charge is 2.19. The van der Waals surface area contributed by atoms with E-state index in [9.17, 15) is 0 Å². The Kier molecular flexibility index (Phi) is 2.66. The summed E-state index contributed by atoms with van der Waals surface area (Å²) in [6.45, 7) is 1.03. The van der Waals surface area contributed by atoms with Crippen LogP contribution in [0.2, 0.25) is 5.02 Å². The lowest BCUT2D eigenvalue weighted by atomic mass is 10.0. The van der Waals surface area contributed by atoms with E-state index in [-0.39, 0.29) is 6.04 Å². The van der Waals surface area contributed by atoms with E-state index in [4.69, 9.17) is 17.3 Å². The monoisotopic (exact) mass is 210 g/mol. The van der Waals surface area contributed by atoms with Crippen molar-refractivity contribution in [2.45, 2.75) is 18.9 Å². The number of hydrogen-bond acceptors (Lipinski definition) is 2. The van der Waals surface area contributed by atoms with Crippen molar-refractivity contribution in [3.8, 4) is 0 Å². The van der Waals surface area contributed by atoms with E-state index in [1.54, 1.807) is 0 Å². The molecule has 1 aromatic rings. The molecule has 0 spiro atoms. The van der Waals surface area contributed by atoms with Crippen LogP contribution in [0.4, 0.5) is 5.69 Å². The Morgan fingerprint density at radius 2 is 2.29 bits per heavy atom. The maximum absolute atomic E-state index is 6.18. The summed E-state index contributed by atoms with van der Waals surface area (Å²) in [5, 5.41) is 0.808. The van der Waals surface area contributed by atoms with Crippen molar-refractivity contribution in [2.24, 2.45) is 5.73 Å². The summed E-state index contributed by atoms with van der Waals surface area (Å²) in [4.78, 5) is 2.20. The molecule has 1 unspecified atom stereocenters. The number of benzene rings is 1. The van der Waals surface area contributed by atoms with E-state index in [1.807, 2.05) is 12.1 Å². The van der Waals surface area contributed by atoms with Crippen LogP contribution >= 0.6 is 11.6 Å². The average Bonchev–Trinajstić information content (AvgIpc) is 2.29. The predicted molar refractivity (Wildman–Crippen MR) is 60.9 cm³/mol. The molecule has 0 saturated carbocycles. The van der Waals surface area contributed by atoms with Crippen LogP contribution in [0.5, 0.6) is 0 Å². The Labute approximate surface area is 89.7 Å². The van der Waals surface area contributed by atoms with Crippen LogP contribution in [0.15, 0.2) is 18.2 Å². The van der Waals surface area contributed by atoms with Crippen LogP contribution in [0.25, 0.3) is 0 Å². The molecule has 1 aromatic carbocycles. The smallest absolute Gasteiger partial charge is 0.0642 e. The van der Waals surface area contributed by atoms with Crippen molar-refractivity contribution in [1.82, 2.24) is 0 Å². The van der Waals surface area contributed by atoms with Crippen LogP contribution in [0.3, 0.4) is 0 Å². The molecule has 0 saturated heterocycles. The molecule has 1 aliphatic rings. The first-order chi connectivity index (χ1) is 6.70. The van der Waals surface area contributed by atoms with Gasteiger partial charge in [0.1, 0.15) is 0 Å². The van der Waals surface area contributed by atoms with Gasteiger partial charge in [0.25, 0.3) is 0 Å². The lowest BCUT2D eigenvalue weighted by Crippen LogP contribution is -2.18. The molecule has 0 amide bonds. The lowest BCUT2D eigenvalue weighted by Gasteiger charge is -2.21. The number of rotatable bonds is 0. The largest absolute Gasteiger partial charge is 0.373 e. The molecule has 3 heteroatoms. The second-order valence-corrected chi connectivity index (χ2v) is 4.26. The normalized spacial score (nSPS) is 21.6. The van der Waals surface area contributed by atoms with Gasteiger partial charge in [-0.3, -0.25) is 0 Å². The van der Waals surface area contributed by atoms with Gasteiger partial charge in [-0.25, -0.2) is 0 Å². The molecule has 0 aliphatic carbocycles. The van der Waals surface area contributed by atoms with Crippen molar-refractivity contribution < 1.29 is 0 Å². The molecule has 2 rings (SSSR count). The summed E-state index contributed by atoms with van der Waals surface area (Å²) in [6.07, 6.45) is 2.17. The lowest BCUT2D eigenvalue weighted by molar-refractivity contribution is 0.633. The Morgan fingerprint density at radius 1 is 1.50 bits per heavy atom. The molecule has 0 aromatic heterocycles. The predicted octanol–water partition coefficient (Wildman–Crippen LogP) is 2.57. The molecule has 1 atom stereocenters. The van der Waals surface area contributed by atoms with E-state index < -0.39 is 0 Å². The molecular formula is C11H15ClN2. The Morgan fingerprint density at radius 3 is 3.07 bits per heavy atom. The number of halogens is 1. The minimum Gasteiger partial charge on any atom is -0.373 e. The number of fused-ring (bicyclic) bond motifs is 1. The topological polar surface area (TPSA) is 29.3 Å². The maximum atomic E-state index is 6.18. The van der Waals surface area contributed by atoms with Gasteiger partial charge in [0.2, 0.25) is 0 Å². The van der Waals surface area contributed by atoms with Gasteiger partial charge in [-0.1, -0.05) is 23.7 Å². The van der Waals surface area contributed by atoms with Gasteiger partial charge < -0.3 is 10.6 Å². The first kappa shape index (κ1) is 9.81. The molecule has 76 valence electrons. The zero-order chi connectivity index (χ0) is 10.1. The van der Waals surface area contributed by atoms with E-state index in [0.717, 1.165) is 30.1 Å².